The lowest BCUT2D eigenvalue weighted by Crippen LogP contribution is -2.33. The highest BCUT2D eigenvalue weighted by Gasteiger charge is 2.44. The molecule has 4 atom stereocenters. The third kappa shape index (κ3) is 4.40. The van der Waals surface area contributed by atoms with Crippen molar-refractivity contribution in [2.75, 3.05) is 18.5 Å². The monoisotopic (exact) mass is 495 g/mol. The second-order valence-electron chi connectivity index (χ2n) is 8.16. The van der Waals surface area contributed by atoms with E-state index in [-0.39, 0.29) is 18.1 Å². The number of ether oxygens (including phenoxy) is 2. The number of hydrogen-bond donors (Lipinski definition) is 4. The number of hydrogen-bond acceptors (Lipinski definition) is 11. The van der Waals surface area contributed by atoms with Crippen molar-refractivity contribution in [1.29, 1.82) is 0 Å². The van der Waals surface area contributed by atoms with Gasteiger partial charge in [0.05, 0.1) is 31.3 Å². The van der Waals surface area contributed by atoms with E-state index in [1.54, 1.807) is 6.92 Å². The summed E-state index contributed by atoms with van der Waals surface area (Å²) in [6.45, 7) is 1.92. The summed E-state index contributed by atoms with van der Waals surface area (Å²) >= 11 is 0. The maximum atomic E-state index is 12.1. The van der Waals surface area contributed by atoms with Crippen LogP contribution in [0.15, 0.2) is 49.1 Å². The Hall–Kier alpha value is -3.91. The van der Waals surface area contributed by atoms with E-state index in [4.69, 9.17) is 9.47 Å². The Labute approximate surface area is 205 Å². The lowest BCUT2D eigenvalue weighted by molar-refractivity contribution is -0.0511. The molecule has 4 N–H and O–H groups in total. The smallest absolute Gasteiger partial charge is 0.341 e. The molecule has 0 spiro atoms. The predicted molar refractivity (Wildman–Crippen MR) is 125 cm³/mol. The largest absolute Gasteiger partial charge is 0.462 e. The minimum atomic E-state index is -1.32. The number of fused-ring (bicyclic) bond motifs is 1. The second kappa shape index (κ2) is 9.99. The lowest BCUT2D eigenvalue weighted by Gasteiger charge is -2.17. The van der Waals surface area contributed by atoms with E-state index >= 15 is 0 Å². The van der Waals surface area contributed by atoms with Gasteiger partial charge in [-0.05, 0) is 12.5 Å². The molecule has 4 aromatic rings. The standard InChI is InChI=1S/C23H25N7O6/c1-2-35-22(34)14-9-26-30(10-14)23-27-19(24-8-13-6-4-3-5-7-13)16-20(28-23)29(12-25-16)21-18(33)17(32)15(11-31)36-21/h3-7,9-10,12,15,17-18,21,31-33H,2,8,11H2,1H3,(H,24,27,28)/t15-,17-,18-,21-/m1/s1. The Morgan fingerprint density at radius 3 is 2.72 bits per heavy atom. The van der Waals surface area contributed by atoms with Gasteiger partial charge in [0.15, 0.2) is 23.2 Å². The van der Waals surface area contributed by atoms with Crippen molar-refractivity contribution in [1.82, 2.24) is 29.3 Å². The molecule has 0 unspecified atom stereocenters. The number of benzene rings is 1. The number of aliphatic hydroxyl groups is 3. The zero-order chi connectivity index (χ0) is 25.2. The molecule has 1 fully saturated rings. The number of imidazole rings is 1. The van der Waals surface area contributed by atoms with Gasteiger partial charge in [-0.2, -0.15) is 15.1 Å². The van der Waals surface area contributed by atoms with E-state index in [0.29, 0.717) is 23.5 Å². The normalized spacial score (nSPS) is 21.7. The lowest BCUT2D eigenvalue weighted by atomic mass is 10.1. The highest BCUT2D eigenvalue weighted by atomic mass is 16.6. The van der Waals surface area contributed by atoms with Crippen LogP contribution in [-0.2, 0) is 16.0 Å². The maximum absolute atomic E-state index is 12.1. The van der Waals surface area contributed by atoms with E-state index in [0.717, 1.165) is 5.56 Å². The molecule has 13 heteroatoms. The number of carbonyl (C=O) groups excluding carboxylic acids is 1. The number of nitrogens with one attached hydrogen (secondary N) is 1. The quantitative estimate of drug-likeness (QED) is 0.250. The molecule has 5 rings (SSSR count). The van der Waals surface area contributed by atoms with Crippen molar-refractivity contribution in [3.63, 3.8) is 0 Å². The number of anilines is 1. The van der Waals surface area contributed by atoms with Crippen LogP contribution in [0.4, 0.5) is 5.82 Å². The Kier molecular flexibility index (Phi) is 6.61. The molecule has 13 nitrogen and oxygen atoms in total. The van der Waals surface area contributed by atoms with Crippen molar-refractivity contribution in [2.45, 2.75) is 38.0 Å². The van der Waals surface area contributed by atoms with Gasteiger partial charge in [-0.3, -0.25) is 4.57 Å². The topological polar surface area (TPSA) is 170 Å². The molecule has 0 aliphatic carbocycles. The fraction of sp³-hybridized carbons (Fsp3) is 0.348. The Bertz CT molecular complexity index is 1360. The first kappa shape index (κ1) is 23.8. The van der Waals surface area contributed by atoms with E-state index < -0.39 is 37.1 Å². The fourth-order valence-corrected chi connectivity index (χ4v) is 3.96. The van der Waals surface area contributed by atoms with Crippen LogP contribution in [-0.4, -0.2) is 82.1 Å². The zero-order valence-electron chi connectivity index (χ0n) is 19.3. The van der Waals surface area contributed by atoms with E-state index in [1.165, 1.54) is 28.0 Å². The van der Waals surface area contributed by atoms with E-state index in [2.05, 4.69) is 25.4 Å². The molecule has 3 aromatic heterocycles. The van der Waals surface area contributed by atoms with Crippen LogP contribution in [0.25, 0.3) is 17.1 Å². The van der Waals surface area contributed by atoms with Crippen LogP contribution in [0.5, 0.6) is 0 Å². The maximum Gasteiger partial charge on any atom is 0.341 e. The third-order valence-corrected chi connectivity index (χ3v) is 5.80. The first-order chi connectivity index (χ1) is 17.5. The molecule has 36 heavy (non-hydrogen) atoms. The molecule has 188 valence electrons. The van der Waals surface area contributed by atoms with Gasteiger partial charge in [-0.25, -0.2) is 14.5 Å². The van der Waals surface area contributed by atoms with Crippen LogP contribution >= 0.6 is 0 Å². The van der Waals surface area contributed by atoms with Crippen LogP contribution in [0.3, 0.4) is 0 Å². The second-order valence-corrected chi connectivity index (χ2v) is 8.16. The van der Waals surface area contributed by atoms with Crippen molar-refractivity contribution in [3.05, 3.63) is 60.2 Å². The molecular weight excluding hydrogens is 470 g/mol. The number of aromatic nitrogens is 6. The van der Waals surface area contributed by atoms with Gasteiger partial charge in [-0.1, -0.05) is 30.3 Å². The van der Waals surface area contributed by atoms with Gasteiger partial charge < -0.3 is 30.1 Å². The summed E-state index contributed by atoms with van der Waals surface area (Å²) in [6.07, 6.45) is -0.382. The number of nitrogens with zero attached hydrogens (tertiary/aromatic N) is 6. The van der Waals surface area contributed by atoms with Gasteiger partial charge in [0.25, 0.3) is 5.95 Å². The predicted octanol–water partition coefficient (Wildman–Crippen LogP) is 0.412. The molecule has 1 aliphatic rings. The van der Waals surface area contributed by atoms with Gasteiger partial charge >= 0.3 is 5.97 Å². The molecule has 4 heterocycles. The van der Waals surface area contributed by atoms with Crippen molar-refractivity contribution < 1.29 is 29.6 Å². The van der Waals surface area contributed by atoms with Crippen molar-refractivity contribution in [2.24, 2.45) is 0 Å². The van der Waals surface area contributed by atoms with Crippen LogP contribution < -0.4 is 5.32 Å². The summed E-state index contributed by atoms with van der Waals surface area (Å²) in [5.41, 5.74) is 1.93. The summed E-state index contributed by atoms with van der Waals surface area (Å²) in [5.74, 6) is -0.0107. The zero-order valence-corrected chi connectivity index (χ0v) is 19.3. The van der Waals surface area contributed by atoms with Crippen LogP contribution in [0.1, 0.15) is 29.1 Å². The molecule has 0 radical (unpaired) electrons. The minimum Gasteiger partial charge on any atom is -0.462 e. The first-order valence-corrected chi connectivity index (χ1v) is 11.4. The molecule has 1 saturated heterocycles. The van der Waals surface area contributed by atoms with E-state index in [1.807, 2.05) is 30.3 Å². The van der Waals surface area contributed by atoms with Gasteiger partial charge in [0.1, 0.15) is 18.3 Å². The molecule has 0 saturated carbocycles. The van der Waals surface area contributed by atoms with Crippen molar-refractivity contribution in [3.8, 4) is 5.95 Å². The highest BCUT2D eigenvalue weighted by Crippen LogP contribution is 2.32. The Morgan fingerprint density at radius 2 is 2.00 bits per heavy atom. The molecule has 1 aromatic carbocycles. The van der Waals surface area contributed by atoms with Gasteiger partial charge in [0, 0.05) is 12.7 Å². The summed E-state index contributed by atoms with van der Waals surface area (Å²) in [5, 5.41) is 37.7. The fourth-order valence-electron chi connectivity index (χ4n) is 3.96. The number of rotatable bonds is 8. The van der Waals surface area contributed by atoms with Crippen LogP contribution in [0.2, 0.25) is 0 Å². The number of esters is 1. The summed E-state index contributed by atoms with van der Waals surface area (Å²) in [4.78, 5) is 25.6. The number of aliphatic hydroxyl groups excluding tert-OH is 3. The summed E-state index contributed by atoms with van der Waals surface area (Å²) in [6, 6.07) is 9.70. The Morgan fingerprint density at radius 1 is 1.19 bits per heavy atom. The summed E-state index contributed by atoms with van der Waals surface area (Å²) < 4.78 is 13.5. The van der Waals surface area contributed by atoms with Gasteiger partial charge in [0.2, 0.25) is 0 Å². The van der Waals surface area contributed by atoms with Gasteiger partial charge in [-0.15, -0.1) is 0 Å². The molecule has 0 bridgehead atoms. The minimum absolute atomic E-state index is 0.127. The molecule has 1 aliphatic heterocycles. The number of carbonyl (C=O) groups is 1. The average Bonchev–Trinajstić information content (AvgIpc) is 3.62. The Balaban J connectivity index is 1.56. The van der Waals surface area contributed by atoms with E-state index in [9.17, 15) is 20.1 Å². The van der Waals surface area contributed by atoms with Crippen LogP contribution in [0, 0.1) is 0 Å². The molecular formula is C23H25N7O6. The van der Waals surface area contributed by atoms with Crippen molar-refractivity contribution >= 4 is 23.0 Å². The molecule has 0 amide bonds. The SMILES string of the molecule is CCOC(=O)c1cnn(-c2nc(NCc3ccccc3)c3ncn([C@@H]4O[C@H](CO)[C@@H](O)[C@H]4O)c3n2)c1. The summed E-state index contributed by atoms with van der Waals surface area (Å²) in [7, 11) is 0. The first-order valence-electron chi connectivity index (χ1n) is 11.4. The highest BCUT2D eigenvalue weighted by molar-refractivity contribution is 5.89. The third-order valence-electron chi connectivity index (χ3n) is 5.80. The average molecular weight is 495 g/mol.